The van der Waals surface area contributed by atoms with Crippen molar-refractivity contribution >= 4 is 14.1 Å². The van der Waals surface area contributed by atoms with Gasteiger partial charge >= 0.3 is 0 Å². The molecule has 0 saturated heterocycles. The number of ketones is 1. The molecule has 4 atom stereocenters. The Hall–Kier alpha value is -1.55. The molecule has 3 aliphatic rings. The molecule has 0 heterocycles. The summed E-state index contributed by atoms with van der Waals surface area (Å²) in [5.74, 6) is 2.64. The van der Waals surface area contributed by atoms with Crippen molar-refractivity contribution in [2.24, 2.45) is 17.3 Å². The first-order valence-electron chi connectivity index (χ1n) is 11.2. The number of aryl methyl sites for hydroxylation is 1. The second-order valence-corrected chi connectivity index (χ2v) is 16.0. The third kappa shape index (κ3) is 3.18. The number of carbonyl (C=O) groups excluding carboxylic acids is 1. The zero-order chi connectivity index (χ0) is 21.2. The van der Waals surface area contributed by atoms with E-state index >= 15 is 0 Å². The molecule has 4 heteroatoms. The molecule has 1 aromatic rings. The van der Waals surface area contributed by atoms with Gasteiger partial charge < -0.3 is 9.53 Å². The van der Waals surface area contributed by atoms with E-state index in [0.29, 0.717) is 23.3 Å². The van der Waals surface area contributed by atoms with Gasteiger partial charge in [0.2, 0.25) is 8.32 Å². The quantitative estimate of drug-likeness (QED) is 0.340. The molecule has 1 N–H and O–H groups in total. The van der Waals surface area contributed by atoms with Gasteiger partial charge in [-0.1, -0.05) is 33.8 Å². The van der Waals surface area contributed by atoms with Gasteiger partial charge in [0.25, 0.3) is 0 Å². The molecular weight excluding hydrogens is 376 g/mol. The summed E-state index contributed by atoms with van der Waals surface area (Å²) in [4.78, 5) is 12.8. The summed E-state index contributed by atoms with van der Waals surface area (Å²) in [7, 11) is -1.84. The second kappa shape index (κ2) is 6.73. The largest absolute Gasteiger partial charge is 0.543 e. The lowest BCUT2D eigenvalue weighted by Crippen LogP contribution is -2.44. The van der Waals surface area contributed by atoms with Crippen LogP contribution in [-0.2, 0) is 11.2 Å². The Bertz CT molecular complexity index is 863. The van der Waals surface area contributed by atoms with Gasteiger partial charge in [-0.25, -0.2) is 0 Å². The maximum Gasteiger partial charge on any atom is 0.250 e. The second-order valence-electron chi connectivity index (χ2n) is 11.3. The minimum atomic E-state index is -1.84. The Labute approximate surface area is 176 Å². The smallest absolute Gasteiger partial charge is 0.250 e. The first kappa shape index (κ1) is 20.7. The lowest BCUT2D eigenvalue weighted by molar-refractivity contribution is -0.127. The predicted molar refractivity (Wildman–Crippen MR) is 120 cm³/mol. The molecule has 3 unspecified atom stereocenters. The van der Waals surface area contributed by atoms with Crippen LogP contribution in [0.15, 0.2) is 30.0 Å². The van der Waals surface area contributed by atoms with Crippen LogP contribution in [0.3, 0.4) is 0 Å². The highest BCUT2D eigenvalue weighted by atomic mass is 28.4. The number of aliphatic hydroxyl groups excluding tert-OH is 1. The van der Waals surface area contributed by atoms with Crippen LogP contribution in [0.25, 0.3) is 0 Å². The Morgan fingerprint density at radius 1 is 1.24 bits per heavy atom. The maximum atomic E-state index is 12.8. The standard InChI is InChI=1S/C25H36O3Si/c1-24(2,3)29(5,6)28-18-8-10-19-16(13-18)7-9-21-20(19)11-12-25(4)22(21)14-17(15-26)23(25)27/h8,10,13,15,20-22,26H,7,9,11-12,14H2,1-6H3/b17-15-/t20?,21?,22?,25-/m0/s1. The summed E-state index contributed by atoms with van der Waals surface area (Å²) in [6, 6.07) is 6.77. The number of carbonyl (C=O) groups is 1. The van der Waals surface area contributed by atoms with Crippen molar-refractivity contribution in [3.05, 3.63) is 41.2 Å². The van der Waals surface area contributed by atoms with Gasteiger partial charge in [-0.2, -0.15) is 0 Å². The molecule has 3 nitrogen and oxygen atoms in total. The van der Waals surface area contributed by atoms with E-state index in [-0.39, 0.29) is 16.2 Å². The van der Waals surface area contributed by atoms with E-state index in [1.165, 1.54) is 11.1 Å². The molecule has 29 heavy (non-hydrogen) atoms. The molecule has 0 amide bonds. The summed E-state index contributed by atoms with van der Waals surface area (Å²) in [5, 5.41) is 9.73. The number of hydrogen-bond acceptors (Lipinski definition) is 3. The summed E-state index contributed by atoms with van der Waals surface area (Å²) in [5.41, 5.74) is 3.27. The molecule has 0 aromatic heterocycles. The van der Waals surface area contributed by atoms with Crippen LogP contribution < -0.4 is 4.43 Å². The van der Waals surface area contributed by atoms with Crippen molar-refractivity contribution < 1.29 is 14.3 Å². The normalized spacial score (nSPS) is 33.2. The van der Waals surface area contributed by atoms with E-state index in [0.717, 1.165) is 44.1 Å². The lowest BCUT2D eigenvalue weighted by atomic mass is 9.55. The molecule has 4 rings (SSSR count). The fraction of sp³-hybridized carbons (Fsp3) is 0.640. The first-order chi connectivity index (χ1) is 13.5. The van der Waals surface area contributed by atoms with Crippen LogP contribution in [0.4, 0.5) is 0 Å². The molecule has 2 fully saturated rings. The Kier molecular flexibility index (Phi) is 4.81. The molecule has 158 valence electrons. The average molecular weight is 413 g/mol. The third-order valence-electron chi connectivity index (χ3n) is 8.67. The van der Waals surface area contributed by atoms with E-state index in [9.17, 15) is 9.90 Å². The fourth-order valence-electron chi connectivity index (χ4n) is 5.86. The fourth-order valence-corrected chi connectivity index (χ4v) is 6.88. The highest BCUT2D eigenvalue weighted by Gasteiger charge is 2.56. The van der Waals surface area contributed by atoms with Crippen LogP contribution in [-0.4, -0.2) is 19.2 Å². The van der Waals surface area contributed by atoms with Crippen molar-refractivity contribution in [1.29, 1.82) is 0 Å². The van der Waals surface area contributed by atoms with Gasteiger partial charge in [-0.15, -0.1) is 0 Å². The van der Waals surface area contributed by atoms with Gasteiger partial charge in [0.15, 0.2) is 5.78 Å². The Morgan fingerprint density at radius 2 is 1.97 bits per heavy atom. The predicted octanol–water partition coefficient (Wildman–Crippen LogP) is 6.55. The van der Waals surface area contributed by atoms with Gasteiger partial charge in [0, 0.05) is 11.0 Å². The molecule has 0 radical (unpaired) electrons. The van der Waals surface area contributed by atoms with Gasteiger partial charge in [-0.05, 0) is 91.2 Å². The topological polar surface area (TPSA) is 46.5 Å². The SMILES string of the molecule is CC(C)(C)[Si](C)(C)Oc1ccc2c(c1)CCC1C2CC[C@]2(C)C(=O)/C(=C\O)CC12. The van der Waals surface area contributed by atoms with Crippen molar-refractivity contribution in [3.63, 3.8) is 0 Å². The average Bonchev–Trinajstić information content (AvgIpc) is 2.91. The first-order valence-corrected chi connectivity index (χ1v) is 14.1. The zero-order valence-electron chi connectivity index (χ0n) is 18.8. The van der Waals surface area contributed by atoms with Crippen LogP contribution in [0.5, 0.6) is 5.75 Å². The van der Waals surface area contributed by atoms with Crippen molar-refractivity contribution in [2.75, 3.05) is 0 Å². The van der Waals surface area contributed by atoms with E-state index in [1.54, 1.807) is 0 Å². The number of benzene rings is 1. The molecule has 3 aliphatic carbocycles. The van der Waals surface area contributed by atoms with E-state index in [2.05, 4.69) is 59.0 Å². The number of hydrogen-bond donors (Lipinski definition) is 1. The molecule has 2 saturated carbocycles. The summed E-state index contributed by atoms with van der Waals surface area (Å²) >= 11 is 0. The van der Waals surface area contributed by atoms with E-state index in [1.807, 2.05) is 0 Å². The number of aliphatic hydroxyl groups is 1. The molecule has 0 bridgehead atoms. The van der Waals surface area contributed by atoms with Gasteiger partial charge in [0.05, 0.1) is 6.26 Å². The Morgan fingerprint density at radius 3 is 2.62 bits per heavy atom. The van der Waals surface area contributed by atoms with Gasteiger partial charge in [-0.3, -0.25) is 4.79 Å². The monoisotopic (exact) mass is 412 g/mol. The van der Waals surface area contributed by atoms with Crippen LogP contribution >= 0.6 is 0 Å². The van der Waals surface area contributed by atoms with E-state index < -0.39 is 8.32 Å². The molecular formula is C25H36O3Si. The van der Waals surface area contributed by atoms with Crippen LogP contribution in [0, 0.1) is 17.3 Å². The lowest BCUT2D eigenvalue weighted by Gasteiger charge is -2.48. The summed E-state index contributed by atoms with van der Waals surface area (Å²) in [6.45, 7) is 13.6. The van der Waals surface area contributed by atoms with Crippen LogP contribution in [0.2, 0.25) is 18.1 Å². The van der Waals surface area contributed by atoms with Gasteiger partial charge in [0.1, 0.15) is 5.75 Å². The summed E-state index contributed by atoms with van der Waals surface area (Å²) < 4.78 is 6.56. The minimum absolute atomic E-state index is 0.187. The van der Waals surface area contributed by atoms with E-state index in [4.69, 9.17) is 4.43 Å². The third-order valence-corrected chi connectivity index (χ3v) is 13.0. The Balaban J connectivity index is 1.60. The molecule has 0 spiro atoms. The number of rotatable bonds is 2. The van der Waals surface area contributed by atoms with Crippen molar-refractivity contribution in [1.82, 2.24) is 0 Å². The zero-order valence-corrected chi connectivity index (χ0v) is 19.8. The number of fused-ring (bicyclic) bond motifs is 5. The highest BCUT2D eigenvalue weighted by Crippen LogP contribution is 2.60. The summed E-state index contributed by atoms with van der Waals surface area (Å²) in [6.07, 6.45) is 6.00. The number of Topliss-reactive ketones (excluding diaryl/α,β-unsaturated/α-hetero) is 1. The van der Waals surface area contributed by atoms with Crippen molar-refractivity contribution in [2.45, 2.75) is 83.8 Å². The molecule has 0 aliphatic heterocycles. The maximum absolute atomic E-state index is 12.8. The number of allylic oxidation sites excluding steroid dienone is 1. The van der Waals surface area contributed by atoms with Crippen LogP contribution in [0.1, 0.15) is 70.4 Å². The van der Waals surface area contributed by atoms with Crippen molar-refractivity contribution in [3.8, 4) is 5.75 Å². The highest BCUT2D eigenvalue weighted by molar-refractivity contribution is 6.74. The molecule has 1 aromatic carbocycles. The minimum Gasteiger partial charge on any atom is -0.543 e.